The standard InChI is InChI=1S/C12H20N2O4.2C2H6/c1-6-9(7-10(15)16)13-8(2)14-11(17)18-12(3,4)5;2*1-2/h6H,7H2,1-5H3,(H,15,16)(H,13,14,17);2*1-2H3/b9-6-;;. The Morgan fingerprint density at radius 1 is 1.18 bits per heavy atom. The van der Waals surface area contributed by atoms with Crippen LogP contribution in [-0.4, -0.2) is 28.6 Å². The molecule has 2 N–H and O–H groups in total. The lowest BCUT2D eigenvalue weighted by atomic mass is 10.2. The highest BCUT2D eigenvalue weighted by Crippen LogP contribution is 2.07. The molecular weight excluding hydrogens is 284 g/mol. The van der Waals surface area contributed by atoms with Gasteiger partial charge >= 0.3 is 12.1 Å². The number of carboxylic acids is 1. The predicted octanol–water partition coefficient (Wildman–Crippen LogP) is 4.36. The van der Waals surface area contributed by atoms with E-state index in [9.17, 15) is 9.59 Å². The predicted molar refractivity (Wildman–Crippen MR) is 91.2 cm³/mol. The molecule has 0 aromatic carbocycles. The summed E-state index contributed by atoms with van der Waals surface area (Å²) in [4.78, 5) is 25.9. The Labute approximate surface area is 134 Å². The van der Waals surface area contributed by atoms with Crippen LogP contribution in [0.2, 0.25) is 0 Å². The number of hydrogen-bond acceptors (Lipinski definition) is 4. The number of carbonyl (C=O) groups is 2. The summed E-state index contributed by atoms with van der Waals surface area (Å²) < 4.78 is 5.04. The van der Waals surface area contributed by atoms with Gasteiger partial charge in [0.25, 0.3) is 0 Å². The number of alkyl carbamates (subject to hydrolysis) is 1. The summed E-state index contributed by atoms with van der Waals surface area (Å²) in [6.45, 7) is 16.5. The molecule has 6 heteroatoms. The molecule has 6 nitrogen and oxygen atoms in total. The van der Waals surface area contributed by atoms with Gasteiger partial charge in [-0.2, -0.15) is 0 Å². The minimum absolute atomic E-state index is 0.191. The van der Waals surface area contributed by atoms with Gasteiger partial charge in [-0.25, -0.2) is 9.79 Å². The number of carbonyl (C=O) groups excluding carboxylic acids is 1. The molecule has 130 valence electrons. The number of ether oxygens (including phenoxy) is 1. The van der Waals surface area contributed by atoms with Gasteiger partial charge in [-0.15, -0.1) is 0 Å². The first-order valence-electron chi connectivity index (χ1n) is 7.56. The molecule has 0 spiro atoms. The molecule has 0 heterocycles. The molecule has 0 aliphatic rings. The van der Waals surface area contributed by atoms with E-state index >= 15 is 0 Å². The van der Waals surface area contributed by atoms with Crippen LogP contribution in [0.3, 0.4) is 0 Å². The highest BCUT2D eigenvalue weighted by atomic mass is 16.6. The number of nitrogens with one attached hydrogen (secondary N) is 1. The molecule has 0 fully saturated rings. The molecule has 0 rings (SSSR count). The average molecular weight is 316 g/mol. The second kappa shape index (κ2) is 14.1. The maximum atomic E-state index is 11.4. The van der Waals surface area contributed by atoms with Gasteiger partial charge in [0.05, 0.1) is 6.42 Å². The van der Waals surface area contributed by atoms with Crippen LogP contribution in [0.1, 0.15) is 68.7 Å². The molecule has 22 heavy (non-hydrogen) atoms. The van der Waals surface area contributed by atoms with Gasteiger partial charge in [0.15, 0.2) is 0 Å². The maximum absolute atomic E-state index is 11.4. The summed E-state index contributed by atoms with van der Waals surface area (Å²) in [7, 11) is 0. The minimum Gasteiger partial charge on any atom is -0.481 e. The zero-order chi connectivity index (χ0) is 18.3. The van der Waals surface area contributed by atoms with Gasteiger partial charge in [-0.05, 0) is 34.6 Å². The Morgan fingerprint density at radius 2 is 1.64 bits per heavy atom. The van der Waals surface area contributed by atoms with Crippen LogP contribution >= 0.6 is 0 Å². The van der Waals surface area contributed by atoms with Crippen molar-refractivity contribution >= 4 is 17.9 Å². The molecule has 0 aromatic heterocycles. The average Bonchev–Trinajstić information content (AvgIpc) is 2.39. The monoisotopic (exact) mass is 316 g/mol. The van der Waals surface area contributed by atoms with Crippen molar-refractivity contribution < 1.29 is 19.4 Å². The summed E-state index contributed by atoms with van der Waals surface area (Å²) in [6, 6.07) is 0. The summed E-state index contributed by atoms with van der Waals surface area (Å²) in [6.07, 6.45) is 0.771. The van der Waals surface area contributed by atoms with Crippen LogP contribution in [0.4, 0.5) is 4.79 Å². The normalized spacial score (nSPS) is 11.3. The Hall–Kier alpha value is -1.85. The number of carboxylic acid groups (broad SMARTS) is 1. The third-order valence-electron chi connectivity index (χ3n) is 1.66. The Balaban J connectivity index is -0.000000826. The fourth-order valence-corrected chi connectivity index (χ4v) is 1.06. The molecule has 0 saturated heterocycles. The molecule has 0 atom stereocenters. The summed E-state index contributed by atoms with van der Waals surface area (Å²) >= 11 is 0. The first kappa shape index (κ1) is 25.1. The van der Waals surface area contributed by atoms with E-state index in [4.69, 9.17) is 9.84 Å². The second-order valence-electron chi connectivity index (χ2n) is 4.67. The van der Waals surface area contributed by atoms with E-state index in [-0.39, 0.29) is 6.42 Å². The van der Waals surface area contributed by atoms with Gasteiger partial charge < -0.3 is 9.84 Å². The highest BCUT2D eigenvalue weighted by Gasteiger charge is 2.16. The Kier molecular flexibility index (Phi) is 16.1. The van der Waals surface area contributed by atoms with Crippen LogP contribution < -0.4 is 5.32 Å². The molecule has 0 unspecified atom stereocenters. The number of aliphatic carboxylic acids is 1. The minimum atomic E-state index is -0.975. The number of amidine groups is 1. The molecule has 1 amide bonds. The topological polar surface area (TPSA) is 88.0 Å². The molecular formula is C16H32N2O4. The largest absolute Gasteiger partial charge is 0.481 e. The quantitative estimate of drug-likeness (QED) is 0.598. The fraction of sp³-hybridized carbons (Fsp3) is 0.688. The molecule has 0 bridgehead atoms. The van der Waals surface area contributed by atoms with Crippen LogP contribution in [0.5, 0.6) is 0 Å². The van der Waals surface area contributed by atoms with Gasteiger partial charge in [0, 0.05) is 5.70 Å². The van der Waals surface area contributed by atoms with E-state index in [1.54, 1.807) is 40.7 Å². The van der Waals surface area contributed by atoms with Gasteiger partial charge in [-0.3, -0.25) is 10.1 Å². The van der Waals surface area contributed by atoms with E-state index in [1.807, 2.05) is 27.7 Å². The lowest BCUT2D eigenvalue weighted by Gasteiger charge is -2.19. The highest BCUT2D eigenvalue weighted by molar-refractivity contribution is 5.94. The zero-order valence-electron chi connectivity index (χ0n) is 15.4. The summed E-state index contributed by atoms with van der Waals surface area (Å²) in [5.41, 5.74) is -0.217. The van der Waals surface area contributed by atoms with Crippen LogP contribution in [0.25, 0.3) is 0 Å². The van der Waals surface area contributed by atoms with Crippen molar-refractivity contribution in [2.45, 2.75) is 74.3 Å². The number of aliphatic imine (C=N–C) groups is 1. The van der Waals surface area contributed by atoms with Crippen molar-refractivity contribution in [2.24, 2.45) is 4.99 Å². The van der Waals surface area contributed by atoms with E-state index in [1.165, 1.54) is 0 Å². The molecule has 0 saturated carbocycles. The van der Waals surface area contributed by atoms with Crippen LogP contribution in [0.15, 0.2) is 16.8 Å². The lowest BCUT2D eigenvalue weighted by molar-refractivity contribution is -0.136. The van der Waals surface area contributed by atoms with Crippen molar-refractivity contribution in [1.29, 1.82) is 0 Å². The fourth-order valence-electron chi connectivity index (χ4n) is 1.06. The first-order valence-corrected chi connectivity index (χ1v) is 7.56. The Morgan fingerprint density at radius 3 is 1.95 bits per heavy atom. The van der Waals surface area contributed by atoms with Gasteiger partial charge in [-0.1, -0.05) is 33.8 Å². The van der Waals surface area contributed by atoms with E-state index in [0.717, 1.165) is 0 Å². The first-order chi connectivity index (χ1) is 10.1. The van der Waals surface area contributed by atoms with E-state index in [2.05, 4.69) is 10.3 Å². The number of amides is 1. The lowest BCUT2D eigenvalue weighted by Crippen LogP contribution is -2.35. The van der Waals surface area contributed by atoms with Crippen molar-refractivity contribution in [3.05, 3.63) is 11.8 Å². The smallest absolute Gasteiger partial charge is 0.413 e. The van der Waals surface area contributed by atoms with Crippen molar-refractivity contribution in [3.63, 3.8) is 0 Å². The summed E-state index contributed by atoms with van der Waals surface area (Å²) in [5, 5.41) is 11.1. The van der Waals surface area contributed by atoms with Crippen LogP contribution in [0, 0.1) is 0 Å². The van der Waals surface area contributed by atoms with E-state index < -0.39 is 17.7 Å². The number of nitrogens with zero attached hydrogens (tertiary/aromatic N) is 1. The maximum Gasteiger partial charge on any atom is 0.413 e. The molecule has 0 aromatic rings. The Bertz CT molecular complexity index is 380. The number of allylic oxidation sites excluding steroid dienone is 1. The third kappa shape index (κ3) is 18.1. The summed E-state index contributed by atoms with van der Waals surface area (Å²) in [5.74, 6) is -0.685. The number of rotatable bonds is 3. The van der Waals surface area contributed by atoms with Gasteiger partial charge in [0.2, 0.25) is 0 Å². The van der Waals surface area contributed by atoms with Crippen molar-refractivity contribution in [3.8, 4) is 0 Å². The SMILES string of the molecule is C/C=C(/CC(=O)O)N=C(C)NC(=O)OC(C)(C)C.CC.CC. The zero-order valence-corrected chi connectivity index (χ0v) is 15.4. The van der Waals surface area contributed by atoms with Crippen molar-refractivity contribution in [2.75, 3.05) is 0 Å². The molecule has 0 radical (unpaired) electrons. The molecule has 0 aliphatic carbocycles. The van der Waals surface area contributed by atoms with Crippen molar-refractivity contribution in [1.82, 2.24) is 5.32 Å². The van der Waals surface area contributed by atoms with E-state index in [0.29, 0.717) is 11.5 Å². The van der Waals surface area contributed by atoms with Crippen LogP contribution in [-0.2, 0) is 9.53 Å². The second-order valence-corrected chi connectivity index (χ2v) is 4.67. The third-order valence-corrected chi connectivity index (χ3v) is 1.66. The van der Waals surface area contributed by atoms with Gasteiger partial charge in [0.1, 0.15) is 11.4 Å². The molecule has 0 aliphatic heterocycles. The number of hydrogen-bond donors (Lipinski definition) is 2.